The quantitative estimate of drug-likeness (QED) is 0.582. The fourth-order valence-corrected chi connectivity index (χ4v) is 4.27. The first-order valence-corrected chi connectivity index (χ1v) is 8.48. The van der Waals surface area contributed by atoms with Crippen molar-refractivity contribution in [1.82, 2.24) is 9.80 Å². The fourth-order valence-electron chi connectivity index (χ4n) is 4.27. The van der Waals surface area contributed by atoms with Gasteiger partial charge < -0.3 is 4.90 Å². The molecule has 0 aromatic carbocycles. The summed E-state index contributed by atoms with van der Waals surface area (Å²) in [5, 5.41) is 0. The summed E-state index contributed by atoms with van der Waals surface area (Å²) in [6, 6.07) is 0.452. The number of rotatable bonds is 4. The van der Waals surface area contributed by atoms with Crippen molar-refractivity contribution in [2.45, 2.75) is 51.5 Å². The molecule has 112 valence electrons. The van der Waals surface area contributed by atoms with Gasteiger partial charge in [0.15, 0.2) is 0 Å². The van der Waals surface area contributed by atoms with E-state index < -0.39 is 0 Å². The maximum absolute atomic E-state index is 12.4. The first-order chi connectivity index (χ1) is 9.79. The monoisotopic (exact) mass is 276 g/mol. The lowest BCUT2D eigenvalue weighted by Gasteiger charge is -2.50. The molecule has 2 fully saturated rings. The van der Waals surface area contributed by atoms with E-state index in [9.17, 15) is 4.79 Å². The molecule has 3 heteroatoms. The molecule has 2 saturated heterocycles. The molecule has 3 nitrogen and oxygen atoms in total. The highest BCUT2D eigenvalue weighted by Crippen LogP contribution is 2.38. The molecule has 0 N–H and O–H groups in total. The summed E-state index contributed by atoms with van der Waals surface area (Å²) in [6.45, 7) is 6.09. The van der Waals surface area contributed by atoms with Gasteiger partial charge in [-0.2, -0.15) is 0 Å². The molecule has 1 aliphatic carbocycles. The Labute approximate surface area is 123 Å². The molecule has 20 heavy (non-hydrogen) atoms. The van der Waals surface area contributed by atoms with Gasteiger partial charge in [-0.25, -0.2) is 0 Å². The minimum atomic E-state index is 0.371. The molecule has 0 spiro atoms. The van der Waals surface area contributed by atoms with Crippen molar-refractivity contribution in [2.75, 3.05) is 26.2 Å². The molecule has 0 aromatic rings. The van der Waals surface area contributed by atoms with E-state index in [1.807, 2.05) is 0 Å². The van der Waals surface area contributed by atoms with Crippen LogP contribution in [0.2, 0.25) is 0 Å². The first kappa shape index (κ1) is 14.1. The van der Waals surface area contributed by atoms with E-state index in [2.05, 4.69) is 28.9 Å². The normalized spacial score (nSPS) is 34.0. The van der Waals surface area contributed by atoms with Gasteiger partial charge >= 0.3 is 0 Å². The molecule has 3 rings (SSSR count). The zero-order chi connectivity index (χ0) is 13.9. The molecule has 2 aliphatic heterocycles. The predicted molar refractivity (Wildman–Crippen MR) is 81.4 cm³/mol. The second kappa shape index (κ2) is 6.30. The smallest absolute Gasteiger partial charge is 0.237 e. The van der Waals surface area contributed by atoms with Crippen LogP contribution in [0.1, 0.15) is 45.4 Å². The van der Waals surface area contributed by atoms with E-state index in [4.69, 9.17) is 0 Å². The maximum Gasteiger partial charge on any atom is 0.237 e. The molecular formula is C17H28N2O. The minimum Gasteiger partial charge on any atom is -0.337 e. The third-order valence-electron chi connectivity index (χ3n) is 5.39. The number of nitrogens with zero attached hydrogens (tertiary/aromatic N) is 2. The lowest BCUT2D eigenvalue weighted by molar-refractivity contribution is -0.145. The Morgan fingerprint density at radius 2 is 2.20 bits per heavy atom. The van der Waals surface area contributed by atoms with Crippen molar-refractivity contribution in [3.8, 4) is 0 Å². The van der Waals surface area contributed by atoms with Gasteiger partial charge in [-0.05, 0) is 38.1 Å². The summed E-state index contributed by atoms with van der Waals surface area (Å²) in [5.41, 5.74) is 0. The number of unbranched alkanes of at least 4 members (excludes halogenated alkanes) is 2. The summed E-state index contributed by atoms with van der Waals surface area (Å²) in [5.74, 6) is 1.82. The number of allylic oxidation sites excluding steroid dienone is 1. The Kier molecular flexibility index (Phi) is 4.45. The van der Waals surface area contributed by atoms with Crippen LogP contribution in [0.3, 0.4) is 0 Å². The van der Waals surface area contributed by atoms with Gasteiger partial charge in [-0.15, -0.1) is 0 Å². The van der Waals surface area contributed by atoms with Crippen LogP contribution in [0.4, 0.5) is 0 Å². The lowest BCUT2D eigenvalue weighted by Crippen LogP contribution is -2.62. The number of piperazine rings is 1. The van der Waals surface area contributed by atoms with Crippen molar-refractivity contribution < 1.29 is 4.79 Å². The highest BCUT2D eigenvalue weighted by molar-refractivity contribution is 5.79. The maximum atomic E-state index is 12.4. The van der Waals surface area contributed by atoms with Crippen LogP contribution in [0, 0.1) is 11.8 Å². The number of piperidine rings is 1. The van der Waals surface area contributed by atoms with Gasteiger partial charge in [0.1, 0.15) is 0 Å². The van der Waals surface area contributed by atoms with E-state index in [0.29, 0.717) is 24.4 Å². The summed E-state index contributed by atoms with van der Waals surface area (Å²) < 4.78 is 0. The van der Waals surface area contributed by atoms with Crippen LogP contribution in [-0.4, -0.2) is 47.9 Å². The van der Waals surface area contributed by atoms with Gasteiger partial charge in [-0.1, -0.05) is 31.9 Å². The first-order valence-electron chi connectivity index (χ1n) is 8.48. The summed E-state index contributed by atoms with van der Waals surface area (Å²) in [4.78, 5) is 17.0. The SMILES string of the molecule is CCCCCN1CC(=O)N2CCC3CCC=CC3C2C1. The molecule has 3 atom stereocenters. The molecule has 0 aromatic heterocycles. The average molecular weight is 276 g/mol. The topological polar surface area (TPSA) is 23.6 Å². The van der Waals surface area contributed by atoms with Crippen molar-refractivity contribution in [3.05, 3.63) is 12.2 Å². The minimum absolute atomic E-state index is 0.371. The number of carbonyl (C=O) groups excluding carboxylic acids is 1. The number of fused-ring (bicyclic) bond motifs is 3. The van der Waals surface area contributed by atoms with Crippen molar-refractivity contribution in [2.24, 2.45) is 11.8 Å². The van der Waals surface area contributed by atoms with Crippen LogP contribution >= 0.6 is 0 Å². The van der Waals surface area contributed by atoms with Crippen LogP contribution in [0.25, 0.3) is 0 Å². The Hall–Kier alpha value is -0.830. The Morgan fingerprint density at radius 3 is 3.05 bits per heavy atom. The Bertz CT molecular complexity index is 379. The summed E-state index contributed by atoms with van der Waals surface area (Å²) in [7, 11) is 0. The molecule has 0 saturated carbocycles. The summed E-state index contributed by atoms with van der Waals surface area (Å²) in [6.07, 6.45) is 12.3. The third-order valence-corrected chi connectivity index (χ3v) is 5.39. The number of carbonyl (C=O) groups is 1. The van der Waals surface area contributed by atoms with Crippen LogP contribution in [-0.2, 0) is 4.79 Å². The zero-order valence-corrected chi connectivity index (χ0v) is 12.8. The highest BCUT2D eigenvalue weighted by atomic mass is 16.2. The van der Waals surface area contributed by atoms with Crippen LogP contribution in [0.5, 0.6) is 0 Å². The Balaban J connectivity index is 1.67. The van der Waals surface area contributed by atoms with Gasteiger partial charge in [0.2, 0.25) is 5.91 Å². The second-order valence-electron chi connectivity index (χ2n) is 6.73. The zero-order valence-electron chi connectivity index (χ0n) is 12.8. The lowest BCUT2D eigenvalue weighted by atomic mass is 9.73. The van der Waals surface area contributed by atoms with Gasteiger partial charge in [0, 0.05) is 19.0 Å². The van der Waals surface area contributed by atoms with E-state index in [1.165, 1.54) is 38.5 Å². The molecule has 0 bridgehead atoms. The molecule has 3 aliphatic rings. The number of amides is 1. The van der Waals surface area contributed by atoms with Crippen molar-refractivity contribution in [3.63, 3.8) is 0 Å². The van der Waals surface area contributed by atoms with Crippen LogP contribution in [0.15, 0.2) is 12.2 Å². The van der Waals surface area contributed by atoms with E-state index in [1.54, 1.807) is 0 Å². The Morgan fingerprint density at radius 1 is 1.30 bits per heavy atom. The molecule has 3 unspecified atom stereocenters. The van der Waals surface area contributed by atoms with E-state index >= 15 is 0 Å². The van der Waals surface area contributed by atoms with Crippen molar-refractivity contribution >= 4 is 5.91 Å². The molecule has 1 amide bonds. The van der Waals surface area contributed by atoms with E-state index in [-0.39, 0.29) is 0 Å². The largest absolute Gasteiger partial charge is 0.337 e. The molecule has 0 radical (unpaired) electrons. The highest BCUT2D eigenvalue weighted by Gasteiger charge is 2.42. The van der Waals surface area contributed by atoms with Gasteiger partial charge in [0.05, 0.1) is 12.6 Å². The average Bonchev–Trinajstić information content (AvgIpc) is 2.47. The number of hydrogen-bond donors (Lipinski definition) is 0. The third kappa shape index (κ3) is 2.78. The van der Waals surface area contributed by atoms with Gasteiger partial charge in [0.25, 0.3) is 0 Å². The summed E-state index contributed by atoms with van der Waals surface area (Å²) >= 11 is 0. The predicted octanol–water partition coefficient (Wildman–Crippen LogP) is 2.68. The standard InChI is InChI=1S/C17H28N2O/c1-2-3-6-10-18-12-16-15-8-5-4-7-14(15)9-11-19(16)17(20)13-18/h5,8,14-16H,2-4,6-7,9-13H2,1H3. The second-order valence-corrected chi connectivity index (χ2v) is 6.73. The molecule has 2 heterocycles. The van der Waals surface area contributed by atoms with Gasteiger partial charge in [-0.3, -0.25) is 9.69 Å². The van der Waals surface area contributed by atoms with Crippen molar-refractivity contribution in [1.29, 1.82) is 0 Å². The number of hydrogen-bond acceptors (Lipinski definition) is 2. The van der Waals surface area contributed by atoms with Crippen LogP contribution < -0.4 is 0 Å². The van der Waals surface area contributed by atoms with E-state index in [0.717, 1.165) is 25.6 Å². The fraction of sp³-hybridized carbons (Fsp3) is 0.824. The molecular weight excluding hydrogens is 248 g/mol.